The molecular weight excluding hydrogens is 271 g/mol. The molecule has 0 heterocycles. The van der Waals surface area contributed by atoms with Crippen molar-refractivity contribution in [1.29, 1.82) is 5.26 Å². The number of benzene rings is 1. The number of hydrogen-bond donors (Lipinski definition) is 1. The Morgan fingerprint density at radius 1 is 1.50 bits per heavy atom. The maximum atomic E-state index is 11.8. The second-order valence-corrected chi connectivity index (χ2v) is 4.79. The summed E-state index contributed by atoms with van der Waals surface area (Å²) in [6, 6.07) is 6.98. The molecule has 0 aliphatic heterocycles. The van der Waals surface area contributed by atoms with Crippen LogP contribution in [0.15, 0.2) is 18.2 Å². The van der Waals surface area contributed by atoms with E-state index < -0.39 is 0 Å². The van der Waals surface area contributed by atoms with Crippen LogP contribution in [0.5, 0.6) is 0 Å². The summed E-state index contributed by atoms with van der Waals surface area (Å²) in [6.07, 6.45) is 1.24. The number of rotatable bonds is 5. The van der Waals surface area contributed by atoms with Crippen LogP contribution in [-0.4, -0.2) is 11.9 Å². The average Bonchev–Trinajstić information content (AvgIpc) is 2.32. The van der Waals surface area contributed by atoms with Crippen molar-refractivity contribution in [2.24, 2.45) is 0 Å². The van der Waals surface area contributed by atoms with Gasteiger partial charge in [-0.3, -0.25) is 4.79 Å². The number of amides is 1. The Hall–Kier alpha value is -1.24. The molecule has 0 aromatic heterocycles. The first-order valence-corrected chi connectivity index (χ1v) is 6.42. The zero-order valence-electron chi connectivity index (χ0n) is 10.0. The lowest BCUT2D eigenvalue weighted by molar-refractivity contribution is -0.121. The van der Waals surface area contributed by atoms with Gasteiger partial charge in [0.1, 0.15) is 0 Å². The molecule has 1 aromatic rings. The van der Waals surface area contributed by atoms with Crippen LogP contribution < -0.4 is 5.32 Å². The second kappa shape index (κ2) is 7.25. The third kappa shape index (κ3) is 4.56. The van der Waals surface area contributed by atoms with Crippen LogP contribution in [0.4, 0.5) is 0 Å². The lowest BCUT2D eigenvalue weighted by Crippen LogP contribution is -2.35. The summed E-state index contributed by atoms with van der Waals surface area (Å²) in [6.45, 7) is 1.93. The highest BCUT2D eigenvalue weighted by molar-refractivity contribution is 6.35. The van der Waals surface area contributed by atoms with Crippen LogP contribution in [0.1, 0.15) is 25.3 Å². The van der Waals surface area contributed by atoms with Gasteiger partial charge in [0, 0.05) is 16.1 Å². The molecule has 96 valence electrons. The first-order chi connectivity index (χ1) is 8.56. The molecule has 0 bridgehead atoms. The number of carbonyl (C=O) groups excluding carboxylic acids is 1. The highest BCUT2D eigenvalue weighted by Gasteiger charge is 2.12. The molecule has 0 fully saturated rings. The van der Waals surface area contributed by atoms with Crippen molar-refractivity contribution >= 4 is 29.1 Å². The minimum Gasteiger partial charge on any atom is -0.352 e. The van der Waals surface area contributed by atoms with Crippen LogP contribution in [0.25, 0.3) is 0 Å². The van der Waals surface area contributed by atoms with Crippen LogP contribution >= 0.6 is 23.2 Å². The third-order valence-electron chi connectivity index (χ3n) is 2.56. The summed E-state index contributed by atoms with van der Waals surface area (Å²) in [4.78, 5) is 11.8. The molecule has 0 aliphatic carbocycles. The smallest absolute Gasteiger partial charge is 0.224 e. The van der Waals surface area contributed by atoms with Gasteiger partial charge in [-0.2, -0.15) is 5.26 Å². The Morgan fingerprint density at radius 2 is 2.22 bits per heavy atom. The van der Waals surface area contributed by atoms with Gasteiger partial charge in [-0.15, -0.1) is 0 Å². The number of hydrogen-bond acceptors (Lipinski definition) is 2. The van der Waals surface area contributed by atoms with Gasteiger partial charge in [0.2, 0.25) is 5.91 Å². The van der Waals surface area contributed by atoms with E-state index in [1.54, 1.807) is 18.2 Å². The standard InChI is InChI=1S/C13H14Cl2N2O/c1-2-11(5-6-16)17-13(18)7-9-3-4-10(14)8-12(9)15/h3-4,8,11H,2,5,7H2,1H3,(H,17,18). The Morgan fingerprint density at radius 3 is 2.78 bits per heavy atom. The van der Waals surface area contributed by atoms with E-state index in [9.17, 15) is 4.79 Å². The van der Waals surface area contributed by atoms with Crippen LogP contribution in [0.3, 0.4) is 0 Å². The molecule has 1 unspecified atom stereocenters. The average molecular weight is 285 g/mol. The second-order valence-electron chi connectivity index (χ2n) is 3.95. The normalized spacial score (nSPS) is 11.7. The monoisotopic (exact) mass is 284 g/mol. The number of nitrogens with one attached hydrogen (secondary N) is 1. The first kappa shape index (κ1) is 14.8. The zero-order valence-corrected chi connectivity index (χ0v) is 11.6. The van der Waals surface area contributed by atoms with Gasteiger partial charge < -0.3 is 5.32 Å². The molecule has 0 saturated carbocycles. The van der Waals surface area contributed by atoms with Crippen molar-refractivity contribution < 1.29 is 4.79 Å². The van der Waals surface area contributed by atoms with E-state index in [2.05, 4.69) is 5.32 Å². The van der Waals surface area contributed by atoms with E-state index in [4.69, 9.17) is 28.5 Å². The predicted octanol–water partition coefficient (Wildman–Crippen LogP) is 3.34. The van der Waals surface area contributed by atoms with E-state index >= 15 is 0 Å². The quantitative estimate of drug-likeness (QED) is 0.902. The van der Waals surface area contributed by atoms with Gasteiger partial charge in [-0.1, -0.05) is 36.2 Å². The largest absolute Gasteiger partial charge is 0.352 e. The van der Waals surface area contributed by atoms with Gasteiger partial charge >= 0.3 is 0 Å². The van der Waals surface area contributed by atoms with Crippen molar-refractivity contribution in [3.05, 3.63) is 33.8 Å². The summed E-state index contributed by atoms with van der Waals surface area (Å²) in [5.74, 6) is -0.138. The molecule has 1 atom stereocenters. The van der Waals surface area contributed by atoms with E-state index in [-0.39, 0.29) is 18.4 Å². The first-order valence-electron chi connectivity index (χ1n) is 5.67. The van der Waals surface area contributed by atoms with Crippen molar-refractivity contribution in [3.63, 3.8) is 0 Å². The molecule has 0 aliphatic rings. The number of nitrogens with zero attached hydrogens (tertiary/aromatic N) is 1. The van der Waals surface area contributed by atoms with Crippen LogP contribution in [0.2, 0.25) is 10.0 Å². The molecule has 1 N–H and O–H groups in total. The van der Waals surface area contributed by atoms with Crippen LogP contribution in [0, 0.1) is 11.3 Å². The zero-order chi connectivity index (χ0) is 13.5. The summed E-state index contributed by atoms with van der Waals surface area (Å²) in [5.41, 5.74) is 0.727. The minimum absolute atomic E-state index is 0.103. The molecule has 5 heteroatoms. The molecule has 0 radical (unpaired) electrons. The fourth-order valence-electron chi connectivity index (χ4n) is 1.52. The number of nitriles is 1. The molecule has 1 aromatic carbocycles. The number of carbonyl (C=O) groups is 1. The maximum absolute atomic E-state index is 11.8. The third-order valence-corrected chi connectivity index (χ3v) is 3.15. The van der Waals surface area contributed by atoms with Gasteiger partial charge in [0.15, 0.2) is 0 Å². The Kier molecular flexibility index (Phi) is 5.97. The van der Waals surface area contributed by atoms with Crippen molar-refractivity contribution in [2.75, 3.05) is 0 Å². The lowest BCUT2D eigenvalue weighted by Gasteiger charge is -2.13. The fraction of sp³-hybridized carbons (Fsp3) is 0.385. The highest BCUT2D eigenvalue weighted by atomic mass is 35.5. The summed E-state index contributed by atoms with van der Waals surface area (Å²) >= 11 is 11.8. The fourth-order valence-corrected chi connectivity index (χ4v) is 2.00. The van der Waals surface area contributed by atoms with E-state index in [1.165, 1.54) is 0 Å². The lowest BCUT2D eigenvalue weighted by atomic mass is 10.1. The van der Waals surface area contributed by atoms with E-state index in [1.807, 2.05) is 13.0 Å². The van der Waals surface area contributed by atoms with Crippen molar-refractivity contribution in [3.8, 4) is 6.07 Å². The molecule has 0 saturated heterocycles. The molecule has 18 heavy (non-hydrogen) atoms. The summed E-state index contributed by atoms with van der Waals surface area (Å²) < 4.78 is 0. The molecule has 0 spiro atoms. The van der Waals surface area contributed by atoms with E-state index in [0.717, 1.165) is 12.0 Å². The molecule has 1 rings (SSSR count). The Balaban J connectivity index is 2.62. The van der Waals surface area contributed by atoms with Crippen molar-refractivity contribution in [1.82, 2.24) is 5.32 Å². The molecular formula is C13H14Cl2N2O. The van der Waals surface area contributed by atoms with Gasteiger partial charge in [-0.25, -0.2) is 0 Å². The van der Waals surface area contributed by atoms with Gasteiger partial charge in [0.05, 0.1) is 18.9 Å². The molecule has 3 nitrogen and oxygen atoms in total. The predicted molar refractivity (Wildman–Crippen MR) is 72.6 cm³/mol. The SMILES string of the molecule is CCC(CC#N)NC(=O)Cc1ccc(Cl)cc1Cl. The maximum Gasteiger partial charge on any atom is 0.224 e. The number of halogens is 2. The van der Waals surface area contributed by atoms with Crippen LogP contribution in [-0.2, 0) is 11.2 Å². The topological polar surface area (TPSA) is 52.9 Å². The van der Waals surface area contributed by atoms with Gasteiger partial charge in [0.25, 0.3) is 0 Å². The highest BCUT2D eigenvalue weighted by Crippen LogP contribution is 2.21. The molecule has 1 amide bonds. The summed E-state index contributed by atoms with van der Waals surface area (Å²) in [7, 11) is 0. The van der Waals surface area contributed by atoms with Gasteiger partial charge in [-0.05, 0) is 24.1 Å². The van der Waals surface area contributed by atoms with Crippen molar-refractivity contribution in [2.45, 2.75) is 32.2 Å². The Labute approximate surface area is 117 Å². The minimum atomic E-state index is -0.138. The summed E-state index contributed by atoms with van der Waals surface area (Å²) in [5, 5.41) is 12.4. The van der Waals surface area contributed by atoms with E-state index in [0.29, 0.717) is 16.5 Å². The Bertz CT molecular complexity index is 469.